The van der Waals surface area contributed by atoms with Gasteiger partial charge < -0.3 is 10.8 Å². The normalized spacial score (nSPS) is 31.4. The third-order valence-corrected chi connectivity index (χ3v) is 4.98. The van der Waals surface area contributed by atoms with Crippen LogP contribution in [0, 0.1) is 0 Å². The predicted molar refractivity (Wildman–Crippen MR) is 80.9 cm³/mol. The molecule has 2 atom stereocenters. The maximum Gasteiger partial charge on any atom is 0.0628 e. The molecule has 2 unspecified atom stereocenters. The molecule has 2 rings (SSSR count). The van der Waals surface area contributed by atoms with Crippen LogP contribution in [0.25, 0.3) is 0 Å². The molecule has 0 heterocycles. The van der Waals surface area contributed by atoms with E-state index in [9.17, 15) is 5.11 Å². The highest BCUT2D eigenvalue weighted by molar-refractivity contribution is 6.42. The number of halogens is 2. The van der Waals surface area contributed by atoms with E-state index >= 15 is 0 Å². The fraction of sp³-hybridized carbons (Fsp3) is 0.600. The number of rotatable bonds is 3. The van der Waals surface area contributed by atoms with E-state index < -0.39 is 5.60 Å². The topological polar surface area (TPSA) is 46.2 Å². The van der Waals surface area contributed by atoms with E-state index in [4.69, 9.17) is 28.9 Å². The van der Waals surface area contributed by atoms with Gasteiger partial charge in [-0.25, -0.2) is 0 Å². The number of aliphatic hydroxyl groups is 1. The predicted octanol–water partition coefficient (Wildman–Crippen LogP) is 3.91. The molecular formula is C15H21Cl2NO. The molecule has 0 amide bonds. The summed E-state index contributed by atoms with van der Waals surface area (Å²) in [6.45, 7) is 2.52. The first-order valence-corrected chi connectivity index (χ1v) is 7.52. The van der Waals surface area contributed by atoms with Crippen LogP contribution in [0.5, 0.6) is 0 Å². The summed E-state index contributed by atoms with van der Waals surface area (Å²) in [5.41, 5.74) is 6.24. The van der Waals surface area contributed by atoms with Crippen molar-refractivity contribution in [3.05, 3.63) is 33.8 Å². The summed E-state index contributed by atoms with van der Waals surface area (Å²) in [7, 11) is 0. The number of hydrogen-bond acceptors (Lipinski definition) is 2. The summed E-state index contributed by atoms with van der Waals surface area (Å²) in [4.78, 5) is 0. The lowest BCUT2D eigenvalue weighted by Crippen LogP contribution is -2.43. The van der Waals surface area contributed by atoms with Gasteiger partial charge >= 0.3 is 0 Å². The summed E-state index contributed by atoms with van der Waals surface area (Å²) in [6.07, 6.45) is 4.49. The van der Waals surface area contributed by atoms with E-state index in [1.54, 1.807) is 0 Å². The van der Waals surface area contributed by atoms with E-state index in [0.717, 1.165) is 37.7 Å². The molecular weight excluding hydrogens is 281 g/mol. The van der Waals surface area contributed by atoms with Crippen LogP contribution in [0.2, 0.25) is 10.0 Å². The van der Waals surface area contributed by atoms with Crippen LogP contribution in [0.4, 0.5) is 0 Å². The Hall–Kier alpha value is -0.280. The van der Waals surface area contributed by atoms with Gasteiger partial charge in [0.05, 0.1) is 15.6 Å². The zero-order valence-corrected chi connectivity index (χ0v) is 12.8. The van der Waals surface area contributed by atoms with Gasteiger partial charge in [-0.2, -0.15) is 0 Å². The smallest absolute Gasteiger partial charge is 0.0628 e. The van der Waals surface area contributed by atoms with Gasteiger partial charge in [0, 0.05) is 0 Å². The van der Waals surface area contributed by atoms with E-state index in [2.05, 4.69) is 0 Å². The molecule has 1 aliphatic carbocycles. The lowest BCUT2D eigenvalue weighted by atomic mass is 9.63. The van der Waals surface area contributed by atoms with Gasteiger partial charge in [-0.05, 0) is 68.7 Å². The van der Waals surface area contributed by atoms with Gasteiger partial charge in [-0.1, -0.05) is 29.3 Å². The molecule has 1 aromatic carbocycles. The highest BCUT2D eigenvalue weighted by Gasteiger charge is 2.42. The molecule has 0 aliphatic heterocycles. The zero-order valence-electron chi connectivity index (χ0n) is 11.3. The fourth-order valence-corrected chi connectivity index (χ4v) is 3.72. The first kappa shape index (κ1) is 15.1. The molecule has 19 heavy (non-hydrogen) atoms. The summed E-state index contributed by atoms with van der Waals surface area (Å²) in [5, 5.41) is 11.6. The molecule has 0 aromatic heterocycles. The van der Waals surface area contributed by atoms with E-state index in [1.807, 2.05) is 25.1 Å². The molecule has 0 radical (unpaired) electrons. The summed E-state index contributed by atoms with van der Waals surface area (Å²) in [6, 6.07) is 5.78. The number of nitrogens with two attached hydrogens (primary N) is 1. The largest absolute Gasteiger partial charge is 0.390 e. The van der Waals surface area contributed by atoms with Crippen LogP contribution in [0.15, 0.2) is 18.2 Å². The minimum Gasteiger partial charge on any atom is -0.390 e. The molecule has 0 spiro atoms. The molecule has 2 nitrogen and oxygen atoms in total. The molecule has 4 heteroatoms. The lowest BCUT2D eigenvalue weighted by Gasteiger charge is -2.44. The molecule has 1 saturated carbocycles. The number of benzene rings is 1. The molecule has 1 aromatic rings. The maximum atomic E-state index is 10.4. The van der Waals surface area contributed by atoms with Gasteiger partial charge in [0.1, 0.15) is 0 Å². The number of hydrogen-bond donors (Lipinski definition) is 2. The quantitative estimate of drug-likeness (QED) is 0.889. The Morgan fingerprint density at radius 2 is 2.00 bits per heavy atom. The van der Waals surface area contributed by atoms with Crippen molar-refractivity contribution in [3.8, 4) is 0 Å². The molecule has 0 bridgehead atoms. The third-order valence-electron chi connectivity index (χ3n) is 4.24. The first-order chi connectivity index (χ1) is 8.88. The Labute approximate surface area is 124 Å². The fourth-order valence-electron chi connectivity index (χ4n) is 3.42. The molecule has 0 saturated heterocycles. The van der Waals surface area contributed by atoms with Crippen molar-refractivity contribution in [2.75, 3.05) is 6.54 Å². The minimum atomic E-state index is -0.625. The van der Waals surface area contributed by atoms with Crippen LogP contribution in [-0.2, 0) is 5.41 Å². The van der Waals surface area contributed by atoms with Crippen LogP contribution in [-0.4, -0.2) is 17.3 Å². The van der Waals surface area contributed by atoms with Crippen molar-refractivity contribution in [3.63, 3.8) is 0 Å². The van der Waals surface area contributed by atoms with Crippen molar-refractivity contribution in [2.45, 2.75) is 50.0 Å². The van der Waals surface area contributed by atoms with Crippen LogP contribution in [0.1, 0.15) is 44.6 Å². The second kappa shape index (κ2) is 5.61. The SMILES string of the molecule is CC1(O)CCCC(CCN)(c2ccc(Cl)c(Cl)c2)C1. The molecule has 1 fully saturated rings. The van der Waals surface area contributed by atoms with Gasteiger partial charge in [0.2, 0.25) is 0 Å². The Morgan fingerprint density at radius 1 is 1.26 bits per heavy atom. The Morgan fingerprint density at radius 3 is 2.58 bits per heavy atom. The van der Waals surface area contributed by atoms with Crippen molar-refractivity contribution in [2.24, 2.45) is 5.73 Å². The van der Waals surface area contributed by atoms with E-state index in [1.165, 1.54) is 0 Å². The molecule has 1 aliphatic rings. The van der Waals surface area contributed by atoms with E-state index in [0.29, 0.717) is 16.6 Å². The Balaban J connectivity index is 2.40. The second-order valence-electron chi connectivity index (χ2n) is 5.98. The third kappa shape index (κ3) is 3.25. The Kier molecular flexibility index (Phi) is 4.46. The van der Waals surface area contributed by atoms with Gasteiger partial charge in [-0.15, -0.1) is 0 Å². The van der Waals surface area contributed by atoms with Crippen molar-refractivity contribution in [1.82, 2.24) is 0 Å². The maximum absolute atomic E-state index is 10.4. The van der Waals surface area contributed by atoms with Crippen molar-refractivity contribution >= 4 is 23.2 Å². The lowest BCUT2D eigenvalue weighted by molar-refractivity contribution is -0.0117. The highest BCUT2D eigenvalue weighted by atomic mass is 35.5. The minimum absolute atomic E-state index is 0.0786. The first-order valence-electron chi connectivity index (χ1n) is 6.77. The van der Waals surface area contributed by atoms with Crippen LogP contribution < -0.4 is 5.73 Å². The van der Waals surface area contributed by atoms with Crippen molar-refractivity contribution < 1.29 is 5.11 Å². The summed E-state index contributed by atoms with van der Waals surface area (Å²) < 4.78 is 0. The molecule has 106 valence electrons. The monoisotopic (exact) mass is 301 g/mol. The van der Waals surface area contributed by atoms with E-state index in [-0.39, 0.29) is 5.41 Å². The van der Waals surface area contributed by atoms with Crippen LogP contribution >= 0.6 is 23.2 Å². The highest BCUT2D eigenvalue weighted by Crippen LogP contribution is 2.46. The van der Waals surface area contributed by atoms with Crippen molar-refractivity contribution in [1.29, 1.82) is 0 Å². The summed E-state index contributed by atoms with van der Waals surface area (Å²) in [5.74, 6) is 0. The Bertz CT molecular complexity index is 457. The van der Waals surface area contributed by atoms with Gasteiger partial charge in [0.25, 0.3) is 0 Å². The zero-order chi connectivity index (χ0) is 14.1. The average molecular weight is 302 g/mol. The molecule has 3 N–H and O–H groups in total. The standard InChI is InChI=1S/C15H21Cl2NO/c1-14(19)5-2-6-15(10-14,7-8-18)11-3-4-12(16)13(17)9-11/h3-4,9,19H,2,5-8,10,18H2,1H3. The average Bonchev–Trinajstić information content (AvgIpc) is 2.31. The van der Waals surface area contributed by atoms with Gasteiger partial charge in [0.15, 0.2) is 0 Å². The second-order valence-corrected chi connectivity index (χ2v) is 6.79. The van der Waals surface area contributed by atoms with Gasteiger partial charge in [-0.3, -0.25) is 0 Å². The van der Waals surface area contributed by atoms with Crippen LogP contribution in [0.3, 0.4) is 0 Å². The summed E-state index contributed by atoms with van der Waals surface area (Å²) >= 11 is 12.1.